The second-order valence-corrected chi connectivity index (χ2v) is 5.96. The van der Waals surface area contributed by atoms with Crippen molar-refractivity contribution in [1.82, 2.24) is 24.6 Å². The van der Waals surface area contributed by atoms with E-state index in [4.69, 9.17) is 0 Å². The van der Waals surface area contributed by atoms with E-state index in [9.17, 15) is 0 Å². The van der Waals surface area contributed by atoms with Crippen LogP contribution in [0.5, 0.6) is 0 Å². The van der Waals surface area contributed by atoms with Gasteiger partial charge in [-0.25, -0.2) is 9.97 Å². The van der Waals surface area contributed by atoms with E-state index in [0.717, 1.165) is 18.8 Å². The van der Waals surface area contributed by atoms with Crippen molar-refractivity contribution >= 4 is 0 Å². The van der Waals surface area contributed by atoms with Crippen LogP contribution < -0.4 is 0 Å². The number of fused-ring (bicyclic) bond motifs is 4. The Morgan fingerprint density at radius 2 is 2.20 bits per heavy atom. The molecule has 1 fully saturated rings. The number of hydrogen-bond acceptors (Lipinski definition) is 4. The molecule has 2 aliphatic heterocycles. The maximum absolute atomic E-state index is 4.65. The molecule has 0 amide bonds. The first-order valence-electron chi connectivity index (χ1n) is 7.26. The molecule has 5 nitrogen and oxygen atoms in total. The topological polar surface area (TPSA) is 46.8 Å². The molecule has 0 aromatic carbocycles. The maximum Gasteiger partial charge on any atom is 0.125 e. The van der Waals surface area contributed by atoms with Crippen molar-refractivity contribution in [2.24, 2.45) is 7.05 Å². The minimum Gasteiger partial charge on any atom is -0.289 e. The lowest BCUT2D eigenvalue weighted by atomic mass is 9.99. The highest BCUT2D eigenvalue weighted by atomic mass is 15.3. The van der Waals surface area contributed by atoms with Crippen LogP contribution in [0.15, 0.2) is 18.6 Å². The smallest absolute Gasteiger partial charge is 0.125 e. The summed E-state index contributed by atoms with van der Waals surface area (Å²) in [5.41, 5.74) is 3.90. The van der Waals surface area contributed by atoms with Crippen LogP contribution in [0.4, 0.5) is 0 Å². The summed E-state index contributed by atoms with van der Waals surface area (Å²) in [7, 11) is 1.97. The zero-order valence-corrected chi connectivity index (χ0v) is 12.0. The Balaban J connectivity index is 1.65. The third kappa shape index (κ3) is 1.85. The van der Waals surface area contributed by atoms with Gasteiger partial charge in [-0.3, -0.25) is 9.58 Å². The Labute approximate surface area is 118 Å². The standard InChI is InChI=1S/C15H19N5/c1-10-16-7-13-14(18-10)5-12-3-4-15(13)20(12)9-11-6-17-19(2)8-11/h6-8,12,15H,3-5,9H2,1-2H3/t12-,15+/m0/s1. The van der Waals surface area contributed by atoms with E-state index in [1.807, 2.05) is 31.0 Å². The molecule has 104 valence electrons. The molecule has 0 saturated carbocycles. The Hall–Kier alpha value is -1.75. The first-order valence-corrected chi connectivity index (χ1v) is 7.26. The molecule has 0 radical (unpaired) electrons. The van der Waals surface area contributed by atoms with E-state index in [2.05, 4.69) is 26.2 Å². The second-order valence-electron chi connectivity index (χ2n) is 5.96. The van der Waals surface area contributed by atoms with Crippen LogP contribution in [0.2, 0.25) is 0 Å². The minimum atomic E-state index is 0.490. The molecule has 2 aromatic heterocycles. The van der Waals surface area contributed by atoms with Gasteiger partial charge in [-0.15, -0.1) is 0 Å². The zero-order valence-electron chi connectivity index (χ0n) is 12.0. The molecule has 0 spiro atoms. The largest absolute Gasteiger partial charge is 0.289 e. The number of hydrogen-bond donors (Lipinski definition) is 0. The molecule has 2 aliphatic rings. The van der Waals surface area contributed by atoms with E-state index < -0.39 is 0 Å². The monoisotopic (exact) mass is 269 g/mol. The van der Waals surface area contributed by atoms with Gasteiger partial charge in [0.2, 0.25) is 0 Å². The highest BCUT2D eigenvalue weighted by molar-refractivity contribution is 5.29. The fraction of sp³-hybridized carbons (Fsp3) is 0.533. The summed E-state index contributed by atoms with van der Waals surface area (Å²) < 4.78 is 1.88. The van der Waals surface area contributed by atoms with Gasteiger partial charge in [0.1, 0.15) is 5.82 Å². The Kier molecular flexibility index (Phi) is 2.63. The number of rotatable bonds is 2. The highest BCUT2D eigenvalue weighted by Crippen LogP contribution is 2.43. The predicted molar refractivity (Wildman–Crippen MR) is 75.0 cm³/mol. The Bertz CT molecular complexity index is 647. The summed E-state index contributed by atoms with van der Waals surface area (Å²) in [6, 6.07) is 1.12. The summed E-state index contributed by atoms with van der Waals surface area (Å²) in [4.78, 5) is 11.7. The summed E-state index contributed by atoms with van der Waals surface area (Å²) in [6.45, 7) is 2.96. The Morgan fingerprint density at radius 1 is 1.30 bits per heavy atom. The summed E-state index contributed by atoms with van der Waals surface area (Å²) in [5, 5.41) is 4.27. The van der Waals surface area contributed by atoms with Gasteiger partial charge in [0.25, 0.3) is 0 Å². The van der Waals surface area contributed by atoms with Crippen LogP contribution in [0.25, 0.3) is 0 Å². The lowest BCUT2D eigenvalue weighted by Gasteiger charge is -2.35. The number of aryl methyl sites for hydroxylation is 2. The molecule has 2 bridgehead atoms. The lowest BCUT2D eigenvalue weighted by Crippen LogP contribution is -2.37. The second kappa shape index (κ2) is 4.38. The molecule has 20 heavy (non-hydrogen) atoms. The van der Waals surface area contributed by atoms with Crippen LogP contribution in [0.3, 0.4) is 0 Å². The highest BCUT2D eigenvalue weighted by Gasteiger charge is 2.40. The van der Waals surface area contributed by atoms with Crippen molar-refractivity contribution in [3.05, 3.63) is 41.2 Å². The molecule has 2 aromatic rings. The van der Waals surface area contributed by atoms with Crippen molar-refractivity contribution in [1.29, 1.82) is 0 Å². The summed E-state index contributed by atoms with van der Waals surface area (Å²) in [6.07, 6.45) is 9.68. The minimum absolute atomic E-state index is 0.490. The Morgan fingerprint density at radius 3 is 3.00 bits per heavy atom. The van der Waals surface area contributed by atoms with Crippen LogP contribution >= 0.6 is 0 Å². The van der Waals surface area contributed by atoms with E-state index in [1.54, 1.807) is 0 Å². The van der Waals surface area contributed by atoms with Gasteiger partial charge in [-0.1, -0.05) is 0 Å². The van der Waals surface area contributed by atoms with Gasteiger partial charge in [0.05, 0.1) is 11.9 Å². The molecular formula is C15H19N5. The zero-order chi connectivity index (χ0) is 13.7. The summed E-state index contributed by atoms with van der Waals surface area (Å²) >= 11 is 0. The van der Waals surface area contributed by atoms with E-state index in [1.165, 1.54) is 29.7 Å². The van der Waals surface area contributed by atoms with Crippen molar-refractivity contribution in [2.75, 3.05) is 0 Å². The first kappa shape index (κ1) is 12.0. The average molecular weight is 269 g/mol. The normalized spacial score (nSPS) is 24.9. The fourth-order valence-corrected chi connectivity index (χ4v) is 3.68. The van der Waals surface area contributed by atoms with Gasteiger partial charge in [0.15, 0.2) is 0 Å². The first-order chi connectivity index (χ1) is 9.70. The molecular weight excluding hydrogens is 250 g/mol. The van der Waals surface area contributed by atoms with Crippen LogP contribution in [-0.4, -0.2) is 30.7 Å². The molecule has 5 heteroatoms. The molecule has 0 aliphatic carbocycles. The lowest BCUT2D eigenvalue weighted by molar-refractivity contribution is 0.166. The average Bonchev–Trinajstić information content (AvgIpc) is 2.94. The number of aromatic nitrogens is 4. The molecule has 1 saturated heterocycles. The van der Waals surface area contributed by atoms with E-state index in [0.29, 0.717) is 12.1 Å². The van der Waals surface area contributed by atoms with Crippen molar-refractivity contribution in [3.8, 4) is 0 Å². The van der Waals surface area contributed by atoms with Gasteiger partial charge < -0.3 is 0 Å². The SMILES string of the molecule is Cc1ncc2c(n1)C[C@@H]1CC[C@H]2N1Cc1cnn(C)c1. The van der Waals surface area contributed by atoms with Crippen LogP contribution in [0.1, 0.15) is 41.5 Å². The predicted octanol–water partition coefficient (Wildman–Crippen LogP) is 1.78. The molecule has 4 rings (SSSR count). The third-order valence-electron chi connectivity index (χ3n) is 4.57. The molecule has 4 heterocycles. The van der Waals surface area contributed by atoms with E-state index in [-0.39, 0.29) is 0 Å². The third-order valence-corrected chi connectivity index (χ3v) is 4.57. The van der Waals surface area contributed by atoms with Crippen LogP contribution in [0, 0.1) is 6.92 Å². The van der Waals surface area contributed by atoms with Gasteiger partial charge in [0, 0.05) is 55.6 Å². The van der Waals surface area contributed by atoms with Crippen molar-refractivity contribution in [3.63, 3.8) is 0 Å². The van der Waals surface area contributed by atoms with Crippen molar-refractivity contribution < 1.29 is 0 Å². The van der Waals surface area contributed by atoms with Gasteiger partial charge in [-0.05, 0) is 19.8 Å². The molecule has 2 atom stereocenters. The molecule has 0 N–H and O–H groups in total. The molecule has 0 unspecified atom stereocenters. The number of nitrogens with zero attached hydrogens (tertiary/aromatic N) is 5. The summed E-state index contributed by atoms with van der Waals surface area (Å²) in [5.74, 6) is 0.892. The van der Waals surface area contributed by atoms with Crippen molar-refractivity contribution in [2.45, 2.75) is 44.8 Å². The van der Waals surface area contributed by atoms with Gasteiger partial charge in [-0.2, -0.15) is 5.10 Å². The van der Waals surface area contributed by atoms with E-state index >= 15 is 0 Å². The fourth-order valence-electron chi connectivity index (χ4n) is 3.68. The quantitative estimate of drug-likeness (QED) is 0.834. The maximum atomic E-state index is 4.65. The van der Waals surface area contributed by atoms with Crippen LogP contribution in [-0.2, 0) is 20.0 Å². The van der Waals surface area contributed by atoms with Gasteiger partial charge >= 0.3 is 0 Å².